The van der Waals surface area contributed by atoms with Crippen molar-refractivity contribution in [1.82, 2.24) is 0 Å². The van der Waals surface area contributed by atoms with E-state index in [-0.39, 0.29) is 10.3 Å². The van der Waals surface area contributed by atoms with Crippen LogP contribution in [-0.4, -0.2) is 11.3 Å². The summed E-state index contributed by atoms with van der Waals surface area (Å²) in [5.41, 5.74) is 0. The molecule has 0 aromatic carbocycles. The molecule has 0 unspecified atom stereocenters. The maximum Gasteiger partial charge on any atom is 0.512 e. The summed E-state index contributed by atoms with van der Waals surface area (Å²) in [6, 6.07) is 0. The number of rotatable bonds is 1. The quantitative estimate of drug-likeness (QED) is 0.486. The van der Waals surface area contributed by atoms with Crippen molar-refractivity contribution in [1.29, 1.82) is 0 Å². The number of hydrogen-bond acceptors (Lipinski definition) is 2. The first-order valence-corrected chi connectivity index (χ1v) is 2.72. The monoisotopic (exact) mass is 170 g/mol. The van der Waals surface area contributed by atoms with Crippen molar-refractivity contribution in [2.24, 2.45) is 0 Å². The van der Waals surface area contributed by atoms with Gasteiger partial charge in [-0.15, -0.1) is 0 Å². The highest BCUT2D eigenvalue weighted by Crippen LogP contribution is 2.13. The van der Waals surface area contributed by atoms with E-state index in [0.717, 1.165) is 0 Å². The summed E-state index contributed by atoms with van der Waals surface area (Å²) in [4.78, 5) is 9.71. The van der Waals surface area contributed by atoms with E-state index in [2.05, 4.69) is 4.74 Å². The average molecular weight is 171 g/mol. The summed E-state index contributed by atoms with van der Waals surface area (Å²) in [6.07, 6.45) is -1.47. The molecule has 0 heterocycles. The van der Waals surface area contributed by atoms with Gasteiger partial charge in [0, 0.05) is 0 Å². The van der Waals surface area contributed by atoms with Crippen molar-refractivity contribution < 1.29 is 14.6 Å². The molecule has 0 spiro atoms. The van der Waals surface area contributed by atoms with E-state index in [4.69, 9.17) is 28.3 Å². The molecule has 0 aromatic rings. The van der Waals surface area contributed by atoms with E-state index in [1.807, 2.05) is 0 Å². The first-order chi connectivity index (χ1) is 4.04. The zero-order chi connectivity index (χ0) is 7.44. The normalized spacial score (nSPS) is 12.3. The Balaban J connectivity index is 3.92. The number of allylic oxidation sites excluding steroid dienone is 1. The van der Waals surface area contributed by atoms with Crippen molar-refractivity contribution in [2.45, 2.75) is 6.92 Å². The van der Waals surface area contributed by atoms with Crippen LogP contribution in [0, 0.1) is 0 Å². The molecule has 0 amide bonds. The van der Waals surface area contributed by atoms with Crippen LogP contribution in [0.15, 0.2) is 10.3 Å². The van der Waals surface area contributed by atoms with Gasteiger partial charge in [0.1, 0.15) is 0 Å². The van der Waals surface area contributed by atoms with Crippen molar-refractivity contribution in [3.8, 4) is 0 Å². The summed E-state index contributed by atoms with van der Waals surface area (Å²) in [5.74, 6) is 0. The molecule has 0 aromatic heterocycles. The maximum absolute atomic E-state index is 9.71. The van der Waals surface area contributed by atoms with Crippen LogP contribution < -0.4 is 0 Å². The zero-order valence-electron chi connectivity index (χ0n) is 4.52. The molecule has 52 valence electrons. The Morgan fingerprint density at radius 1 is 1.56 bits per heavy atom. The molecule has 0 atom stereocenters. The van der Waals surface area contributed by atoms with Crippen LogP contribution in [0.25, 0.3) is 0 Å². The largest absolute Gasteiger partial charge is 0.512 e. The summed E-state index contributed by atoms with van der Waals surface area (Å²) in [5, 5.41) is 7.73. The van der Waals surface area contributed by atoms with Gasteiger partial charge in [0.2, 0.25) is 5.22 Å². The van der Waals surface area contributed by atoms with Crippen molar-refractivity contribution in [2.75, 3.05) is 0 Å². The third-order valence-electron chi connectivity index (χ3n) is 0.448. The molecule has 0 saturated heterocycles. The number of ether oxygens (including phenoxy) is 1. The van der Waals surface area contributed by atoms with Gasteiger partial charge in [-0.05, 0) is 18.5 Å². The van der Waals surface area contributed by atoms with Crippen LogP contribution in [0.2, 0.25) is 0 Å². The minimum atomic E-state index is -1.47. The molecule has 3 nitrogen and oxygen atoms in total. The number of carbonyl (C=O) groups is 1. The molecule has 0 aliphatic carbocycles. The molecular weight excluding hydrogens is 167 g/mol. The lowest BCUT2D eigenvalue weighted by molar-refractivity contribution is 0.124. The van der Waals surface area contributed by atoms with E-state index in [9.17, 15) is 4.79 Å². The van der Waals surface area contributed by atoms with Crippen LogP contribution in [0.3, 0.4) is 0 Å². The second kappa shape index (κ2) is 3.58. The Morgan fingerprint density at radius 3 is 2.11 bits per heavy atom. The fourth-order valence-electron chi connectivity index (χ4n) is 0.147. The van der Waals surface area contributed by atoms with Crippen molar-refractivity contribution >= 4 is 29.4 Å². The van der Waals surface area contributed by atoms with Gasteiger partial charge < -0.3 is 9.84 Å². The smallest absolute Gasteiger partial charge is 0.449 e. The predicted octanol–water partition coefficient (Wildman–Crippen LogP) is 2.35. The van der Waals surface area contributed by atoms with Crippen LogP contribution in [-0.2, 0) is 4.74 Å². The fraction of sp³-hybridized carbons (Fsp3) is 0.250. The second-order valence-corrected chi connectivity index (χ2v) is 2.09. The van der Waals surface area contributed by atoms with Gasteiger partial charge in [-0.3, -0.25) is 0 Å². The van der Waals surface area contributed by atoms with E-state index in [1.54, 1.807) is 0 Å². The molecule has 0 bridgehead atoms. The van der Waals surface area contributed by atoms with Crippen LogP contribution in [0.4, 0.5) is 4.79 Å². The summed E-state index contributed by atoms with van der Waals surface area (Å²) >= 11 is 10.4. The Bertz CT molecular complexity index is 148. The summed E-state index contributed by atoms with van der Waals surface area (Å²) in [6.45, 7) is 1.42. The Morgan fingerprint density at radius 2 is 2.00 bits per heavy atom. The molecular formula is C4H4Cl2O3. The number of carboxylic acid groups (broad SMARTS) is 1. The minimum Gasteiger partial charge on any atom is -0.449 e. The van der Waals surface area contributed by atoms with Crippen molar-refractivity contribution in [3.63, 3.8) is 0 Å². The standard InChI is InChI=1S/C4H4Cl2O3/c1-2(5)3(6)9-4(7)8/h1H3,(H,7,8). The lowest BCUT2D eigenvalue weighted by Gasteiger charge is -1.94. The van der Waals surface area contributed by atoms with E-state index in [1.165, 1.54) is 6.92 Å². The first kappa shape index (κ1) is 8.59. The zero-order valence-corrected chi connectivity index (χ0v) is 6.03. The third-order valence-corrected chi connectivity index (χ3v) is 1.08. The topological polar surface area (TPSA) is 46.5 Å². The molecule has 0 saturated carbocycles. The minimum absolute atomic E-state index is 0.110. The van der Waals surface area contributed by atoms with E-state index >= 15 is 0 Å². The molecule has 0 fully saturated rings. The molecule has 0 radical (unpaired) electrons. The number of hydrogen-bond donors (Lipinski definition) is 1. The predicted molar refractivity (Wildman–Crippen MR) is 33.5 cm³/mol. The average Bonchev–Trinajstić information content (AvgIpc) is 1.63. The Labute approximate surface area is 61.8 Å². The van der Waals surface area contributed by atoms with Crippen LogP contribution in [0.5, 0.6) is 0 Å². The van der Waals surface area contributed by atoms with E-state index in [0.29, 0.717) is 0 Å². The Kier molecular flexibility index (Phi) is 3.42. The highest BCUT2D eigenvalue weighted by atomic mass is 35.5. The van der Waals surface area contributed by atoms with Crippen LogP contribution in [0.1, 0.15) is 6.92 Å². The summed E-state index contributed by atoms with van der Waals surface area (Å²) in [7, 11) is 0. The van der Waals surface area contributed by atoms with Gasteiger partial charge in [0.05, 0.1) is 5.03 Å². The SMILES string of the molecule is CC(Cl)=C(Cl)OC(=O)O. The highest BCUT2D eigenvalue weighted by Gasteiger charge is 2.02. The molecule has 1 N–H and O–H groups in total. The van der Waals surface area contributed by atoms with Crippen LogP contribution >= 0.6 is 23.2 Å². The van der Waals surface area contributed by atoms with Gasteiger partial charge in [0.15, 0.2) is 0 Å². The maximum atomic E-state index is 9.71. The molecule has 5 heteroatoms. The number of halogens is 2. The molecule has 9 heavy (non-hydrogen) atoms. The van der Waals surface area contributed by atoms with Gasteiger partial charge in [-0.2, -0.15) is 0 Å². The second-order valence-electron chi connectivity index (χ2n) is 1.18. The summed E-state index contributed by atoms with van der Waals surface area (Å²) < 4.78 is 3.94. The van der Waals surface area contributed by atoms with E-state index < -0.39 is 6.16 Å². The van der Waals surface area contributed by atoms with Crippen molar-refractivity contribution in [3.05, 3.63) is 10.3 Å². The molecule has 0 rings (SSSR count). The van der Waals surface area contributed by atoms with Gasteiger partial charge in [-0.25, -0.2) is 4.79 Å². The first-order valence-electron chi connectivity index (χ1n) is 1.96. The van der Waals surface area contributed by atoms with Gasteiger partial charge >= 0.3 is 6.16 Å². The third kappa shape index (κ3) is 4.12. The Hall–Kier alpha value is -0.410. The van der Waals surface area contributed by atoms with Gasteiger partial charge in [-0.1, -0.05) is 11.6 Å². The lowest BCUT2D eigenvalue weighted by Crippen LogP contribution is -1.96. The molecule has 0 aliphatic heterocycles. The van der Waals surface area contributed by atoms with Gasteiger partial charge in [0.25, 0.3) is 0 Å². The lowest BCUT2D eigenvalue weighted by atomic mass is 10.7. The fourth-order valence-corrected chi connectivity index (χ4v) is 0.252. The highest BCUT2D eigenvalue weighted by molar-refractivity contribution is 6.38. The molecule has 0 aliphatic rings.